The standard InChI is InChI=1S/C9H8N2O.Na.H/c12-8-3-1-7(2-4-8)9-5-6-10-11-9;;/h1-6,12H,(H,10,11);;/q;+1;-1. The molecule has 0 fully saturated rings. The molecule has 0 aliphatic carbocycles. The second kappa shape index (κ2) is 4.46. The van der Waals surface area contributed by atoms with Crippen molar-refractivity contribution in [2.24, 2.45) is 0 Å². The van der Waals surface area contributed by atoms with Crippen molar-refractivity contribution in [3.05, 3.63) is 36.5 Å². The predicted molar refractivity (Wildman–Crippen MR) is 46.8 cm³/mol. The fourth-order valence-electron chi connectivity index (χ4n) is 1.06. The maximum absolute atomic E-state index is 9.03. The van der Waals surface area contributed by atoms with Crippen molar-refractivity contribution in [3.8, 4) is 17.0 Å². The molecule has 0 unspecified atom stereocenters. The summed E-state index contributed by atoms with van der Waals surface area (Å²) in [7, 11) is 0. The number of benzene rings is 1. The van der Waals surface area contributed by atoms with Gasteiger partial charge in [-0.05, 0) is 35.9 Å². The van der Waals surface area contributed by atoms with Crippen molar-refractivity contribution in [2.75, 3.05) is 0 Å². The van der Waals surface area contributed by atoms with Crippen LogP contribution in [0.15, 0.2) is 36.5 Å². The maximum Gasteiger partial charge on any atom is 1.00 e. The zero-order valence-electron chi connectivity index (χ0n) is 8.36. The van der Waals surface area contributed by atoms with Crippen LogP contribution in [-0.2, 0) is 0 Å². The molecule has 3 nitrogen and oxygen atoms in total. The zero-order valence-corrected chi connectivity index (χ0v) is 9.36. The van der Waals surface area contributed by atoms with Gasteiger partial charge in [-0.1, -0.05) is 0 Å². The van der Waals surface area contributed by atoms with Crippen molar-refractivity contribution in [1.82, 2.24) is 10.2 Å². The van der Waals surface area contributed by atoms with Crippen molar-refractivity contribution >= 4 is 0 Å². The average molecular weight is 184 g/mol. The Balaban J connectivity index is 0.000000845. The Morgan fingerprint density at radius 2 is 1.85 bits per heavy atom. The summed E-state index contributed by atoms with van der Waals surface area (Å²) in [5, 5.41) is 15.7. The minimum absolute atomic E-state index is 0. The summed E-state index contributed by atoms with van der Waals surface area (Å²) in [4.78, 5) is 0. The van der Waals surface area contributed by atoms with Gasteiger partial charge in [0, 0.05) is 6.20 Å². The molecular formula is C9H9N2NaO. The van der Waals surface area contributed by atoms with Gasteiger partial charge >= 0.3 is 29.6 Å². The zero-order chi connectivity index (χ0) is 8.39. The molecule has 0 radical (unpaired) electrons. The number of nitrogens with one attached hydrogen (secondary N) is 1. The van der Waals surface area contributed by atoms with Crippen LogP contribution in [0.5, 0.6) is 5.75 Å². The van der Waals surface area contributed by atoms with Crippen LogP contribution >= 0.6 is 0 Å². The molecule has 0 spiro atoms. The van der Waals surface area contributed by atoms with Crippen molar-refractivity contribution in [2.45, 2.75) is 0 Å². The molecular weight excluding hydrogens is 175 g/mol. The number of aromatic nitrogens is 2. The van der Waals surface area contributed by atoms with Gasteiger partial charge in [-0.3, -0.25) is 5.10 Å². The van der Waals surface area contributed by atoms with Crippen molar-refractivity contribution < 1.29 is 36.1 Å². The normalized spacial score (nSPS) is 9.23. The van der Waals surface area contributed by atoms with E-state index in [2.05, 4.69) is 10.2 Å². The van der Waals surface area contributed by atoms with Crippen LogP contribution in [0, 0.1) is 0 Å². The van der Waals surface area contributed by atoms with Gasteiger partial charge < -0.3 is 6.53 Å². The molecule has 1 aromatic carbocycles. The van der Waals surface area contributed by atoms with Crippen LogP contribution in [0.1, 0.15) is 1.43 Å². The van der Waals surface area contributed by atoms with Gasteiger partial charge in [0.25, 0.3) is 0 Å². The summed E-state index contributed by atoms with van der Waals surface area (Å²) in [5.41, 5.74) is 1.97. The summed E-state index contributed by atoms with van der Waals surface area (Å²) < 4.78 is 0. The van der Waals surface area contributed by atoms with E-state index in [4.69, 9.17) is 5.11 Å². The van der Waals surface area contributed by atoms with Gasteiger partial charge in [0.1, 0.15) is 5.75 Å². The van der Waals surface area contributed by atoms with Gasteiger partial charge in [0.2, 0.25) is 0 Å². The van der Waals surface area contributed by atoms with Crippen LogP contribution in [-0.4, -0.2) is 15.3 Å². The van der Waals surface area contributed by atoms with E-state index in [-0.39, 0.29) is 36.7 Å². The first-order valence-corrected chi connectivity index (χ1v) is 3.65. The Labute approximate surface area is 99.6 Å². The fraction of sp³-hybridized carbons (Fsp3) is 0. The molecule has 0 amide bonds. The number of H-pyrrole nitrogens is 1. The molecule has 13 heavy (non-hydrogen) atoms. The third-order valence-electron chi connectivity index (χ3n) is 1.68. The van der Waals surface area contributed by atoms with E-state index in [0.29, 0.717) is 0 Å². The number of hydrogen-bond donors (Lipinski definition) is 2. The average Bonchev–Trinajstić information content (AvgIpc) is 2.58. The largest absolute Gasteiger partial charge is 1.00 e. The van der Waals surface area contributed by atoms with Crippen LogP contribution in [0.25, 0.3) is 11.3 Å². The summed E-state index contributed by atoms with van der Waals surface area (Å²) in [5.74, 6) is 0.276. The maximum atomic E-state index is 9.03. The molecule has 4 heteroatoms. The Morgan fingerprint density at radius 1 is 1.15 bits per heavy atom. The first-order chi connectivity index (χ1) is 5.86. The molecule has 0 saturated carbocycles. The van der Waals surface area contributed by atoms with Gasteiger partial charge in [0.05, 0.1) is 5.69 Å². The van der Waals surface area contributed by atoms with E-state index in [9.17, 15) is 0 Å². The summed E-state index contributed by atoms with van der Waals surface area (Å²) in [6.45, 7) is 0. The molecule has 0 bridgehead atoms. The van der Waals surface area contributed by atoms with Gasteiger partial charge in [-0.2, -0.15) is 5.10 Å². The predicted octanol–water partition coefficient (Wildman–Crippen LogP) is -1.10. The Hall–Kier alpha value is -0.770. The monoisotopic (exact) mass is 184 g/mol. The van der Waals surface area contributed by atoms with Crippen LogP contribution in [0.2, 0.25) is 0 Å². The fourth-order valence-corrected chi connectivity index (χ4v) is 1.06. The van der Waals surface area contributed by atoms with Crippen molar-refractivity contribution in [1.29, 1.82) is 0 Å². The van der Waals surface area contributed by atoms with Gasteiger partial charge in [-0.25, -0.2) is 0 Å². The van der Waals surface area contributed by atoms with Crippen LogP contribution < -0.4 is 29.6 Å². The molecule has 0 aliphatic rings. The number of aromatic hydroxyl groups is 1. The number of hydrogen-bond acceptors (Lipinski definition) is 2. The van der Waals surface area contributed by atoms with Crippen molar-refractivity contribution in [3.63, 3.8) is 0 Å². The Kier molecular flexibility index (Phi) is 3.54. The van der Waals surface area contributed by atoms with E-state index in [1.807, 2.05) is 18.2 Å². The van der Waals surface area contributed by atoms with Crippen LogP contribution in [0.4, 0.5) is 0 Å². The second-order valence-corrected chi connectivity index (χ2v) is 2.52. The SMILES string of the molecule is Oc1ccc(-c2ccn[nH]2)cc1.[H-].[Na+]. The number of nitrogens with zero attached hydrogens (tertiary/aromatic N) is 1. The molecule has 1 aromatic heterocycles. The van der Waals surface area contributed by atoms with Gasteiger partial charge in [-0.15, -0.1) is 0 Å². The number of rotatable bonds is 1. The third-order valence-corrected chi connectivity index (χ3v) is 1.68. The van der Waals surface area contributed by atoms with E-state index >= 15 is 0 Å². The first kappa shape index (κ1) is 10.3. The van der Waals surface area contributed by atoms with Crippen LogP contribution in [0.3, 0.4) is 0 Å². The van der Waals surface area contributed by atoms with E-state index in [1.165, 1.54) is 0 Å². The molecule has 2 rings (SSSR count). The Morgan fingerprint density at radius 3 is 2.38 bits per heavy atom. The number of phenolic OH excluding ortho intramolecular Hbond substituents is 1. The Bertz CT molecular complexity index is 361. The minimum Gasteiger partial charge on any atom is -1.00 e. The first-order valence-electron chi connectivity index (χ1n) is 3.65. The van der Waals surface area contributed by atoms with E-state index < -0.39 is 0 Å². The quantitative estimate of drug-likeness (QED) is 0.553. The topological polar surface area (TPSA) is 48.9 Å². The molecule has 2 N–H and O–H groups in total. The second-order valence-electron chi connectivity index (χ2n) is 2.52. The molecule has 62 valence electrons. The summed E-state index contributed by atoms with van der Waals surface area (Å²) in [6, 6.07) is 8.85. The molecule has 0 saturated heterocycles. The third kappa shape index (κ3) is 2.34. The minimum atomic E-state index is 0. The van der Waals surface area contributed by atoms with E-state index in [1.54, 1.807) is 18.3 Å². The number of phenols is 1. The number of aromatic amines is 1. The summed E-state index contributed by atoms with van der Waals surface area (Å²) in [6.07, 6.45) is 1.70. The smallest absolute Gasteiger partial charge is 1.00 e. The molecule has 0 atom stereocenters. The van der Waals surface area contributed by atoms with E-state index in [0.717, 1.165) is 11.3 Å². The molecule has 1 heterocycles. The molecule has 2 aromatic rings. The summed E-state index contributed by atoms with van der Waals surface area (Å²) >= 11 is 0. The van der Waals surface area contributed by atoms with Gasteiger partial charge in [0.15, 0.2) is 0 Å². The molecule has 0 aliphatic heterocycles.